The summed E-state index contributed by atoms with van der Waals surface area (Å²) in [7, 11) is 0. The molecule has 68 valence electrons. The van der Waals surface area contributed by atoms with Gasteiger partial charge >= 0.3 is 5.97 Å². The van der Waals surface area contributed by atoms with Crippen molar-refractivity contribution in [1.29, 1.82) is 0 Å². The standard InChI is InChI=1S/C7H7N3O3/c1-4(11)10-7-8-2-5(3-9-7)6(12)13/h2-3H,1H3,(H,12,13)(H,8,9,10,11). The van der Waals surface area contributed by atoms with Crippen LogP contribution in [0.5, 0.6) is 0 Å². The molecule has 0 aromatic carbocycles. The molecule has 0 aliphatic carbocycles. The topological polar surface area (TPSA) is 92.2 Å². The number of rotatable bonds is 2. The Labute approximate surface area is 73.6 Å². The number of aromatic carboxylic acids is 1. The molecule has 0 spiro atoms. The van der Waals surface area contributed by atoms with Crippen molar-refractivity contribution in [3.8, 4) is 0 Å². The van der Waals surface area contributed by atoms with Gasteiger partial charge in [-0.15, -0.1) is 0 Å². The van der Waals surface area contributed by atoms with Gasteiger partial charge in [-0.25, -0.2) is 14.8 Å². The van der Waals surface area contributed by atoms with Crippen LogP contribution in [0.25, 0.3) is 0 Å². The molecule has 0 aliphatic rings. The first-order valence-electron chi connectivity index (χ1n) is 3.42. The van der Waals surface area contributed by atoms with Crippen LogP contribution < -0.4 is 5.32 Å². The van der Waals surface area contributed by atoms with Gasteiger partial charge in [0.25, 0.3) is 0 Å². The number of hydrogen-bond acceptors (Lipinski definition) is 4. The Morgan fingerprint density at radius 1 is 1.38 bits per heavy atom. The summed E-state index contributed by atoms with van der Waals surface area (Å²) in [5, 5.41) is 10.8. The Hall–Kier alpha value is -1.98. The summed E-state index contributed by atoms with van der Waals surface area (Å²) in [6, 6.07) is 0. The van der Waals surface area contributed by atoms with Crippen LogP contribution in [0.2, 0.25) is 0 Å². The molecule has 13 heavy (non-hydrogen) atoms. The maximum atomic E-state index is 10.5. The van der Waals surface area contributed by atoms with E-state index < -0.39 is 5.97 Å². The Kier molecular flexibility index (Phi) is 2.53. The van der Waals surface area contributed by atoms with Gasteiger partial charge in [0.1, 0.15) is 0 Å². The van der Waals surface area contributed by atoms with Crippen molar-refractivity contribution in [1.82, 2.24) is 9.97 Å². The Balaban J connectivity index is 2.81. The maximum Gasteiger partial charge on any atom is 0.338 e. The zero-order valence-corrected chi connectivity index (χ0v) is 6.81. The van der Waals surface area contributed by atoms with E-state index in [1.54, 1.807) is 0 Å². The van der Waals surface area contributed by atoms with Crippen molar-refractivity contribution in [2.45, 2.75) is 6.92 Å². The van der Waals surface area contributed by atoms with Crippen LogP contribution in [0.15, 0.2) is 12.4 Å². The van der Waals surface area contributed by atoms with E-state index in [9.17, 15) is 9.59 Å². The Bertz CT molecular complexity index is 333. The third-order valence-corrected chi connectivity index (χ3v) is 1.19. The molecule has 1 aromatic heterocycles. The van der Waals surface area contributed by atoms with Gasteiger partial charge in [0.05, 0.1) is 5.56 Å². The molecular formula is C7H7N3O3. The van der Waals surface area contributed by atoms with Gasteiger partial charge in [0.2, 0.25) is 11.9 Å². The van der Waals surface area contributed by atoms with E-state index in [1.165, 1.54) is 6.92 Å². The second-order valence-corrected chi connectivity index (χ2v) is 2.28. The first-order valence-corrected chi connectivity index (χ1v) is 3.42. The Morgan fingerprint density at radius 3 is 2.31 bits per heavy atom. The Morgan fingerprint density at radius 2 is 1.92 bits per heavy atom. The van der Waals surface area contributed by atoms with E-state index in [4.69, 9.17) is 5.11 Å². The van der Waals surface area contributed by atoms with Crippen LogP contribution in [0.1, 0.15) is 17.3 Å². The molecule has 0 radical (unpaired) electrons. The number of hydrogen-bond donors (Lipinski definition) is 2. The van der Waals surface area contributed by atoms with Crippen LogP contribution in [-0.2, 0) is 4.79 Å². The molecule has 0 saturated heterocycles. The van der Waals surface area contributed by atoms with Gasteiger partial charge < -0.3 is 5.11 Å². The number of carboxylic acid groups (broad SMARTS) is 1. The van der Waals surface area contributed by atoms with Crippen molar-refractivity contribution in [3.63, 3.8) is 0 Å². The number of anilines is 1. The average molecular weight is 181 g/mol. The van der Waals surface area contributed by atoms with Crippen molar-refractivity contribution >= 4 is 17.8 Å². The molecule has 1 rings (SSSR count). The third-order valence-electron chi connectivity index (χ3n) is 1.19. The lowest BCUT2D eigenvalue weighted by molar-refractivity contribution is -0.114. The summed E-state index contributed by atoms with van der Waals surface area (Å²) in [6.07, 6.45) is 2.25. The second kappa shape index (κ2) is 3.61. The zero-order chi connectivity index (χ0) is 9.84. The molecule has 6 heteroatoms. The highest BCUT2D eigenvalue weighted by molar-refractivity contribution is 5.88. The van der Waals surface area contributed by atoms with E-state index >= 15 is 0 Å². The van der Waals surface area contributed by atoms with Crippen molar-refractivity contribution in [2.24, 2.45) is 0 Å². The monoisotopic (exact) mass is 181 g/mol. The molecular weight excluding hydrogens is 174 g/mol. The maximum absolute atomic E-state index is 10.5. The molecule has 6 nitrogen and oxygen atoms in total. The summed E-state index contributed by atoms with van der Waals surface area (Å²) < 4.78 is 0. The lowest BCUT2D eigenvalue weighted by Crippen LogP contribution is -2.10. The molecule has 1 heterocycles. The minimum atomic E-state index is -1.10. The number of nitrogens with one attached hydrogen (secondary N) is 1. The van der Waals surface area contributed by atoms with Gasteiger partial charge in [0.15, 0.2) is 0 Å². The highest BCUT2D eigenvalue weighted by Crippen LogP contribution is 1.99. The SMILES string of the molecule is CC(=O)Nc1ncc(C(=O)O)cn1. The van der Waals surface area contributed by atoms with E-state index in [2.05, 4.69) is 15.3 Å². The fourth-order valence-corrected chi connectivity index (χ4v) is 0.660. The molecule has 0 fully saturated rings. The van der Waals surface area contributed by atoms with Crippen molar-refractivity contribution in [3.05, 3.63) is 18.0 Å². The number of nitrogens with zero attached hydrogens (tertiary/aromatic N) is 2. The largest absolute Gasteiger partial charge is 0.478 e. The fraction of sp³-hybridized carbons (Fsp3) is 0.143. The molecule has 1 amide bonds. The van der Waals surface area contributed by atoms with Gasteiger partial charge in [0, 0.05) is 19.3 Å². The van der Waals surface area contributed by atoms with Crippen LogP contribution >= 0.6 is 0 Å². The smallest absolute Gasteiger partial charge is 0.338 e. The van der Waals surface area contributed by atoms with Gasteiger partial charge in [-0.2, -0.15) is 0 Å². The van der Waals surface area contributed by atoms with Gasteiger partial charge in [-0.05, 0) is 0 Å². The number of carbonyl (C=O) groups is 2. The van der Waals surface area contributed by atoms with Gasteiger partial charge in [-0.1, -0.05) is 0 Å². The lowest BCUT2D eigenvalue weighted by Gasteiger charge is -1.98. The highest BCUT2D eigenvalue weighted by atomic mass is 16.4. The summed E-state index contributed by atoms with van der Waals surface area (Å²) in [5.41, 5.74) is -0.0193. The molecule has 0 aliphatic heterocycles. The van der Waals surface area contributed by atoms with E-state index in [-0.39, 0.29) is 17.4 Å². The predicted octanol–water partition coefficient (Wildman–Crippen LogP) is 0.133. The molecule has 0 bridgehead atoms. The summed E-state index contributed by atoms with van der Waals surface area (Å²) in [6.45, 7) is 1.31. The fourth-order valence-electron chi connectivity index (χ4n) is 0.660. The zero-order valence-electron chi connectivity index (χ0n) is 6.81. The first-order chi connectivity index (χ1) is 6.09. The average Bonchev–Trinajstić information content (AvgIpc) is 2.04. The minimum absolute atomic E-state index is 0.0193. The molecule has 0 atom stereocenters. The number of amides is 1. The van der Waals surface area contributed by atoms with Crippen LogP contribution in [-0.4, -0.2) is 27.0 Å². The quantitative estimate of drug-likeness (QED) is 0.676. The van der Waals surface area contributed by atoms with Crippen molar-refractivity contribution in [2.75, 3.05) is 5.32 Å². The molecule has 2 N–H and O–H groups in total. The van der Waals surface area contributed by atoms with Crippen molar-refractivity contribution < 1.29 is 14.7 Å². The molecule has 1 aromatic rings. The second-order valence-electron chi connectivity index (χ2n) is 2.28. The predicted molar refractivity (Wildman–Crippen MR) is 43.3 cm³/mol. The minimum Gasteiger partial charge on any atom is -0.478 e. The number of carbonyl (C=O) groups excluding carboxylic acids is 1. The van der Waals surface area contributed by atoms with Gasteiger partial charge in [-0.3, -0.25) is 10.1 Å². The normalized spacial score (nSPS) is 9.31. The molecule has 0 unspecified atom stereocenters. The van der Waals surface area contributed by atoms with Crippen LogP contribution in [0.3, 0.4) is 0 Å². The highest BCUT2D eigenvalue weighted by Gasteiger charge is 2.04. The van der Waals surface area contributed by atoms with Crippen LogP contribution in [0, 0.1) is 0 Å². The van der Waals surface area contributed by atoms with E-state index in [0.29, 0.717) is 0 Å². The number of carboxylic acids is 1. The number of aromatic nitrogens is 2. The van der Waals surface area contributed by atoms with E-state index in [0.717, 1.165) is 12.4 Å². The summed E-state index contributed by atoms with van der Waals surface area (Å²) in [4.78, 5) is 28.1. The van der Waals surface area contributed by atoms with E-state index in [1.807, 2.05) is 0 Å². The molecule has 0 saturated carbocycles. The first kappa shape index (κ1) is 9.11. The van der Waals surface area contributed by atoms with Crippen LogP contribution in [0.4, 0.5) is 5.95 Å². The summed E-state index contributed by atoms with van der Waals surface area (Å²) >= 11 is 0. The summed E-state index contributed by atoms with van der Waals surface area (Å²) in [5.74, 6) is -1.31. The lowest BCUT2D eigenvalue weighted by atomic mass is 10.3. The third kappa shape index (κ3) is 2.51.